The highest BCUT2D eigenvalue weighted by molar-refractivity contribution is 5.80. The van der Waals surface area contributed by atoms with E-state index in [-0.39, 0.29) is 5.91 Å². The molecule has 4 heteroatoms. The van der Waals surface area contributed by atoms with Gasteiger partial charge in [0.05, 0.1) is 7.11 Å². The molecule has 0 bridgehead atoms. The molecule has 0 unspecified atom stereocenters. The number of carbonyl (C=O) groups is 1. The van der Waals surface area contributed by atoms with Crippen LogP contribution in [0, 0.1) is 5.92 Å². The summed E-state index contributed by atoms with van der Waals surface area (Å²) < 4.78 is 5.27. The van der Waals surface area contributed by atoms with Crippen molar-refractivity contribution in [1.29, 1.82) is 0 Å². The summed E-state index contributed by atoms with van der Waals surface area (Å²) in [6.45, 7) is 2.63. The summed E-state index contributed by atoms with van der Waals surface area (Å²) in [6.07, 6.45) is 3.21. The smallest absolute Gasteiger partial charge is 0.223 e. The molecule has 1 aromatic carbocycles. The fourth-order valence-corrected chi connectivity index (χ4v) is 2.59. The lowest BCUT2D eigenvalue weighted by Gasteiger charge is -2.20. The number of amides is 1. The Kier molecular flexibility index (Phi) is 3.32. The maximum atomic E-state index is 11.6. The van der Waals surface area contributed by atoms with Crippen molar-refractivity contribution in [2.24, 2.45) is 5.92 Å². The van der Waals surface area contributed by atoms with E-state index in [1.165, 1.54) is 11.3 Å². The van der Waals surface area contributed by atoms with Crippen LogP contribution in [0.25, 0.3) is 0 Å². The molecular weight excluding hydrogens is 240 g/mol. The number of ether oxygens (including phenoxy) is 1. The number of nitrogens with zero attached hydrogens (tertiary/aromatic N) is 1. The Morgan fingerprint density at radius 1 is 1.47 bits per heavy atom. The Morgan fingerprint density at radius 2 is 2.32 bits per heavy atom. The Morgan fingerprint density at radius 3 is 3.05 bits per heavy atom. The molecule has 0 atom stereocenters. The van der Waals surface area contributed by atoms with Gasteiger partial charge in [-0.25, -0.2) is 0 Å². The molecule has 1 saturated carbocycles. The standard InChI is InChI=1S/C15H20N2O2/c1-19-13-5-4-11-6-8-17(14(11)10-13)9-7-16-15(18)12-2-3-12/h4-5,10,12H,2-3,6-9H2,1H3,(H,16,18). The largest absolute Gasteiger partial charge is 0.497 e. The predicted octanol–water partition coefficient (Wildman–Crippen LogP) is 1.58. The second kappa shape index (κ2) is 5.11. The normalized spacial score (nSPS) is 17.2. The number of benzene rings is 1. The van der Waals surface area contributed by atoms with Crippen LogP contribution in [0.2, 0.25) is 0 Å². The molecule has 0 radical (unpaired) electrons. The zero-order valence-electron chi connectivity index (χ0n) is 11.3. The zero-order valence-corrected chi connectivity index (χ0v) is 11.3. The summed E-state index contributed by atoms with van der Waals surface area (Å²) in [5, 5.41) is 3.02. The average Bonchev–Trinajstić information content (AvgIpc) is 3.21. The highest BCUT2D eigenvalue weighted by atomic mass is 16.5. The van der Waals surface area contributed by atoms with Crippen LogP contribution < -0.4 is 15.0 Å². The maximum absolute atomic E-state index is 11.6. The molecule has 2 aliphatic rings. The highest BCUT2D eigenvalue weighted by Crippen LogP contribution is 2.31. The third-order valence-corrected chi connectivity index (χ3v) is 3.91. The van der Waals surface area contributed by atoms with Gasteiger partial charge in [0.1, 0.15) is 5.75 Å². The summed E-state index contributed by atoms with van der Waals surface area (Å²) in [5.41, 5.74) is 2.62. The van der Waals surface area contributed by atoms with Gasteiger partial charge in [0, 0.05) is 37.3 Å². The molecular formula is C15H20N2O2. The van der Waals surface area contributed by atoms with Crippen LogP contribution in [-0.4, -0.2) is 32.7 Å². The molecule has 1 amide bonds. The van der Waals surface area contributed by atoms with Crippen LogP contribution in [0.3, 0.4) is 0 Å². The molecule has 3 rings (SSSR count). The number of anilines is 1. The van der Waals surface area contributed by atoms with Crippen molar-refractivity contribution in [3.05, 3.63) is 23.8 Å². The maximum Gasteiger partial charge on any atom is 0.223 e. The number of carbonyl (C=O) groups excluding carboxylic acids is 1. The topological polar surface area (TPSA) is 41.6 Å². The van der Waals surface area contributed by atoms with E-state index in [0.29, 0.717) is 5.92 Å². The second-order valence-electron chi connectivity index (χ2n) is 5.30. The van der Waals surface area contributed by atoms with Crippen molar-refractivity contribution in [2.45, 2.75) is 19.3 Å². The Balaban J connectivity index is 1.57. The van der Waals surface area contributed by atoms with Gasteiger partial charge in [-0.2, -0.15) is 0 Å². The fourth-order valence-electron chi connectivity index (χ4n) is 2.59. The fraction of sp³-hybridized carbons (Fsp3) is 0.533. The van der Waals surface area contributed by atoms with E-state index < -0.39 is 0 Å². The van der Waals surface area contributed by atoms with Gasteiger partial charge in [-0.1, -0.05) is 6.07 Å². The van der Waals surface area contributed by atoms with Gasteiger partial charge in [-0.15, -0.1) is 0 Å². The molecule has 1 N–H and O–H groups in total. The molecule has 0 spiro atoms. The van der Waals surface area contributed by atoms with Gasteiger partial charge >= 0.3 is 0 Å². The van der Waals surface area contributed by atoms with Crippen molar-refractivity contribution >= 4 is 11.6 Å². The molecule has 0 aromatic heterocycles. The first-order chi connectivity index (χ1) is 9.28. The lowest BCUT2D eigenvalue weighted by molar-refractivity contribution is -0.122. The van der Waals surface area contributed by atoms with Crippen LogP contribution in [0.5, 0.6) is 5.75 Å². The number of rotatable bonds is 5. The van der Waals surface area contributed by atoms with Gasteiger partial charge in [-0.05, 0) is 30.9 Å². The number of hydrogen-bond donors (Lipinski definition) is 1. The van der Waals surface area contributed by atoms with Crippen molar-refractivity contribution in [2.75, 3.05) is 31.6 Å². The minimum Gasteiger partial charge on any atom is -0.497 e. The molecule has 1 heterocycles. The second-order valence-corrected chi connectivity index (χ2v) is 5.30. The Bertz CT molecular complexity index is 483. The molecule has 102 valence electrons. The predicted molar refractivity (Wildman–Crippen MR) is 74.6 cm³/mol. The monoisotopic (exact) mass is 260 g/mol. The molecule has 1 aliphatic heterocycles. The molecule has 19 heavy (non-hydrogen) atoms. The molecule has 1 aromatic rings. The van der Waals surface area contributed by atoms with Crippen LogP contribution in [0.4, 0.5) is 5.69 Å². The minimum absolute atomic E-state index is 0.227. The first-order valence-electron chi connectivity index (χ1n) is 6.97. The Labute approximate surface area is 113 Å². The number of methoxy groups -OCH3 is 1. The Hall–Kier alpha value is -1.71. The summed E-state index contributed by atoms with van der Waals surface area (Å²) in [7, 11) is 1.69. The SMILES string of the molecule is COc1ccc2c(c1)N(CCNC(=O)C1CC1)CC2. The van der Waals surface area contributed by atoms with E-state index in [2.05, 4.69) is 22.3 Å². The molecule has 1 aliphatic carbocycles. The van der Waals surface area contributed by atoms with Gasteiger partial charge < -0.3 is 15.0 Å². The van der Waals surface area contributed by atoms with Gasteiger partial charge in [0.2, 0.25) is 5.91 Å². The zero-order chi connectivity index (χ0) is 13.2. The highest BCUT2D eigenvalue weighted by Gasteiger charge is 2.29. The van der Waals surface area contributed by atoms with E-state index >= 15 is 0 Å². The first-order valence-corrected chi connectivity index (χ1v) is 6.97. The summed E-state index contributed by atoms with van der Waals surface area (Å²) >= 11 is 0. The molecule has 4 nitrogen and oxygen atoms in total. The van der Waals surface area contributed by atoms with Crippen molar-refractivity contribution in [3.8, 4) is 5.75 Å². The lowest BCUT2D eigenvalue weighted by atomic mass is 10.1. The number of nitrogens with one attached hydrogen (secondary N) is 1. The van der Waals surface area contributed by atoms with Gasteiger partial charge in [0.15, 0.2) is 0 Å². The van der Waals surface area contributed by atoms with Crippen LogP contribution >= 0.6 is 0 Å². The number of hydrogen-bond acceptors (Lipinski definition) is 3. The van der Waals surface area contributed by atoms with E-state index in [4.69, 9.17) is 4.74 Å². The van der Waals surface area contributed by atoms with Crippen molar-refractivity contribution in [3.63, 3.8) is 0 Å². The molecule has 1 fully saturated rings. The third-order valence-electron chi connectivity index (χ3n) is 3.91. The van der Waals surface area contributed by atoms with E-state index in [9.17, 15) is 4.79 Å². The average molecular weight is 260 g/mol. The van der Waals surface area contributed by atoms with Crippen molar-refractivity contribution in [1.82, 2.24) is 5.32 Å². The van der Waals surface area contributed by atoms with Crippen molar-refractivity contribution < 1.29 is 9.53 Å². The summed E-state index contributed by atoms with van der Waals surface area (Å²) in [6, 6.07) is 6.24. The van der Waals surface area contributed by atoms with Gasteiger partial charge in [-0.3, -0.25) is 4.79 Å². The van der Waals surface area contributed by atoms with Crippen LogP contribution in [0.15, 0.2) is 18.2 Å². The van der Waals surface area contributed by atoms with Gasteiger partial charge in [0.25, 0.3) is 0 Å². The van der Waals surface area contributed by atoms with E-state index in [1.54, 1.807) is 7.11 Å². The quantitative estimate of drug-likeness (QED) is 0.874. The first kappa shape index (κ1) is 12.3. The van der Waals surface area contributed by atoms with Crippen LogP contribution in [-0.2, 0) is 11.2 Å². The third kappa shape index (κ3) is 2.67. The minimum atomic E-state index is 0.227. The number of fused-ring (bicyclic) bond motifs is 1. The van der Waals surface area contributed by atoms with E-state index in [0.717, 1.165) is 44.6 Å². The lowest BCUT2D eigenvalue weighted by Crippen LogP contribution is -2.34. The van der Waals surface area contributed by atoms with Crippen LogP contribution in [0.1, 0.15) is 18.4 Å². The van der Waals surface area contributed by atoms with E-state index in [1.807, 2.05) is 6.07 Å². The summed E-state index contributed by atoms with van der Waals surface area (Å²) in [4.78, 5) is 13.9. The molecule has 0 saturated heterocycles. The summed E-state index contributed by atoms with van der Waals surface area (Å²) in [5.74, 6) is 1.42.